The Labute approximate surface area is 134 Å². The van der Waals surface area contributed by atoms with Crippen molar-refractivity contribution in [1.29, 1.82) is 0 Å². The first kappa shape index (κ1) is 16.0. The molecule has 0 aromatic carbocycles. The SMILES string of the molecule is CCCNC(c1ccc(Cl)s1)C1CSC(C)C(C)S1. The van der Waals surface area contributed by atoms with E-state index in [1.165, 1.54) is 17.1 Å². The Morgan fingerprint density at radius 1 is 1.37 bits per heavy atom. The molecule has 108 valence electrons. The quantitative estimate of drug-likeness (QED) is 0.807. The van der Waals surface area contributed by atoms with Crippen LogP contribution in [-0.4, -0.2) is 28.0 Å². The summed E-state index contributed by atoms with van der Waals surface area (Å²) in [7, 11) is 0. The molecule has 0 amide bonds. The monoisotopic (exact) mass is 335 g/mol. The summed E-state index contributed by atoms with van der Waals surface area (Å²) < 4.78 is 0.896. The maximum absolute atomic E-state index is 6.11. The molecule has 0 radical (unpaired) electrons. The van der Waals surface area contributed by atoms with Gasteiger partial charge < -0.3 is 5.32 Å². The van der Waals surface area contributed by atoms with E-state index in [0.29, 0.717) is 11.3 Å². The first-order valence-corrected chi connectivity index (χ1v) is 10.1. The van der Waals surface area contributed by atoms with Gasteiger partial charge in [0.25, 0.3) is 0 Å². The Kier molecular flexibility index (Phi) is 6.41. The highest BCUT2D eigenvalue weighted by Gasteiger charge is 2.32. The van der Waals surface area contributed by atoms with Crippen LogP contribution in [0, 0.1) is 0 Å². The largest absolute Gasteiger partial charge is 0.308 e. The minimum atomic E-state index is 0.449. The van der Waals surface area contributed by atoms with Crippen molar-refractivity contribution in [3.8, 4) is 0 Å². The maximum Gasteiger partial charge on any atom is 0.0931 e. The number of nitrogens with one attached hydrogen (secondary N) is 1. The number of thioether (sulfide) groups is 2. The predicted molar refractivity (Wildman–Crippen MR) is 93.1 cm³/mol. The fraction of sp³-hybridized carbons (Fsp3) is 0.714. The lowest BCUT2D eigenvalue weighted by Crippen LogP contribution is -2.37. The molecule has 1 aromatic heterocycles. The number of thiophene rings is 1. The van der Waals surface area contributed by atoms with Crippen molar-refractivity contribution in [3.63, 3.8) is 0 Å². The Balaban J connectivity index is 2.09. The zero-order valence-electron chi connectivity index (χ0n) is 11.7. The highest BCUT2D eigenvalue weighted by atomic mass is 35.5. The molecule has 19 heavy (non-hydrogen) atoms. The van der Waals surface area contributed by atoms with Gasteiger partial charge in [-0.05, 0) is 25.1 Å². The molecule has 4 atom stereocenters. The molecule has 5 heteroatoms. The van der Waals surface area contributed by atoms with Crippen molar-refractivity contribution in [2.24, 2.45) is 0 Å². The third-order valence-corrected chi connectivity index (χ3v) is 8.27. The van der Waals surface area contributed by atoms with Crippen molar-refractivity contribution in [2.75, 3.05) is 12.3 Å². The Bertz CT molecular complexity index is 396. The van der Waals surface area contributed by atoms with Crippen molar-refractivity contribution < 1.29 is 0 Å². The van der Waals surface area contributed by atoms with Gasteiger partial charge in [-0.25, -0.2) is 0 Å². The Morgan fingerprint density at radius 2 is 2.16 bits per heavy atom. The fourth-order valence-corrected chi connectivity index (χ4v) is 6.59. The lowest BCUT2D eigenvalue weighted by Gasteiger charge is -2.36. The molecule has 1 saturated heterocycles. The van der Waals surface area contributed by atoms with Crippen molar-refractivity contribution in [2.45, 2.75) is 49.0 Å². The average molecular weight is 336 g/mol. The van der Waals surface area contributed by atoms with E-state index in [0.717, 1.165) is 21.4 Å². The van der Waals surface area contributed by atoms with Crippen LogP contribution in [0.5, 0.6) is 0 Å². The van der Waals surface area contributed by atoms with Crippen LogP contribution in [-0.2, 0) is 0 Å². The summed E-state index contributed by atoms with van der Waals surface area (Å²) in [4.78, 5) is 1.39. The normalized spacial score (nSPS) is 29.4. The van der Waals surface area contributed by atoms with E-state index in [1.807, 2.05) is 6.07 Å². The van der Waals surface area contributed by atoms with Gasteiger partial charge in [0.15, 0.2) is 0 Å². The Hall–Kier alpha value is 0.650. The van der Waals surface area contributed by atoms with E-state index in [1.54, 1.807) is 11.3 Å². The molecule has 1 N–H and O–H groups in total. The molecule has 2 rings (SSSR count). The number of hydrogen-bond acceptors (Lipinski definition) is 4. The molecule has 1 aliphatic heterocycles. The number of halogens is 1. The summed E-state index contributed by atoms with van der Waals surface area (Å²) in [5.41, 5.74) is 0. The molecule has 2 heterocycles. The van der Waals surface area contributed by atoms with E-state index in [-0.39, 0.29) is 0 Å². The molecule has 1 fully saturated rings. The van der Waals surface area contributed by atoms with Crippen molar-refractivity contribution in [1.82, 2.24) is 5.32 Å². The van der Waals surface area contributed by atoms with Crippen LogP contribution in [0.15, 0.2) is 12.1 Å². The first-order valence-electron chi connectivity index (χ1n) is 6.87. The van der Waals surface area contributed by atoms with Crippen LogP contribution in [0.2, 0.25) is 4.34 Å². The smallest absolute Gasteiger partial charge is 0.0931 e. The molecule has 0 spiro atoms. The van der Waals surface area contributed by atoms with E-state index < -0.39 is 0 Å². The van der Waals surface area contributed by atoms with Gasteiger partial charge in [-0.2, -0.15) is 23.5 Å². The van der Waals surface area contributed by atoms with Crippen LogP contribution in [0.4, 0.5) is 0 Å². The predicted octanol–water partition coefficient (Wildman–Crippen LogP) is 5.07. The number of rotatable bonds is 5. The van der Waals surface area contributed by atoms with E-state index in [9.17, 15) is 0 Å². The second kappa shape index (κ2) is 7.60. The van der Waals surface area contributed by atoms with Crippen molar-refractivity contribution in [3.05, 3.63) is 21.3 Å². The maximum atomic E-state index is 6.11. The minimum absolute atomic E-state index is 0.449. The van der Waals surface area contributed by atoms with Gasteiger partial charge in [0.1, 0.15) is 0 Å². The molecule has 0 aliphatic carbocycles. The van der Waals surface area contributed by atoms with Crippen LogP contribution in [0.25, 0.3) is 0 Å². The van der Waals surface area contributed by atoms with Gasteiger partial charge in [-0.1, -0.05) is 32.4 Å². The second-order valence-electron chi connectivity index (χ2n) is 4.99. The lowest BCUT2D eigenvalue weighted by molar-refractivity contribution is 0.535. The second-order valence-corrected chi connectivity index (χ2v) is 9.77. The topological polar surface area (TPSA) is 12.0 Å². The summed E-state index contributed by atoms with van der Waals surface area (Å²) in [6.07, 6.45) is 1.17. The standard InChI is InChI=1S/C14H22ClNS3/c1-4-7-16-14(11-5-6-13(15)19-11)12-8-17-9(2)10(3)18-12/h5-6,9-10,12,14,16H,4,7-8H2,1-3H3. The highest BCUT2D eigenvalue weighted by molar-refractivity contribution is 8.07. The highest BCUT2D eigenvalue weighted by Crippen LogP contribution is 2.42. The zero-order chi connectivity index (χ0) is 13.8. The summed E-state index contributed by atoms with van der Waals surface area (Å²) in [6, 6.07) is 4.66. The van der Waals surface area contributed by atoms with Crippen LogP contribution in [0.1, 0.15) is 38.1 Å². The van der Waals surface area contributed by atoms with Gasteiger partial charge in [-0.15, -0.1) is 11.3 Å². The van der Waals surface area contributed by atoms with E-state index >= 15 is 0 Å². The molecule has 1 nitrogen and oxygen atoms in total. The van der Waals surface area contributed by atoms with E-state index in [2.05, 4.69) is 55.7 Å². The molecule has 1 aliphatic rings. The third-order valence-electron chi connectivity index (χ3n) is 3.46. The molecular weight excluding hydrogens is 314 g/mol. The third kappa shape index (κ3) is 4.31. The van der Waals surface area contributed by atoms with Crippen LogP contribution in [0.3, 0.4) is 0 Å². The Morgan fingerprint density at radius 3 is 2.74 bits per heavy atom. The molecule has 4 unspecified atom stereocenters. The van der Waals surface area contributed by atoms with Gasteiger partial charge in [0.05, 0.1) is 10.4 Å². The molecule has 1 aromatic rings. The lowest BCUT2D eigenvalue weighted by atomic mass is 10.1. The van der Waals surface area contributed by atoms with E-state index in [4.69, 9.17) is 11.6 Å². The summed E-state index contributed by atoms with van der Waals surface area (Å²) in [5, 5.41) is 5.86. The fourth-order valence-electron chi connectivity index (χ4n) is 2.19. The number of hydrogen-bond donors (Lipinski definition) is 1. The summed E-state index contributed by atoms with van der Waals surface area (Å²) >= 11 is 12.1. The molecule has 0 bridgehead atoms. The summed E-state index contributed by atoms with van der Waals surface area (Å²) in [5.74, 6) is 1.23. The molecule has 0 saturated carbocycles. The van der Waals surface area contributed by atoms with Gasteiger partial charge in [0, 0.05) is 26.4 Å². The zero-order valence-corrected chi connectivity index (χ0v) is 14.9. The molecular formula is C14H22ClNS3. The van der Waals surface area contributed by atoms with Crippen molar-refractivity contribution >= 4 is 46.5 Å². The first-order chi connectivity index (χ1) is 9.11. The summed E-state index contributed by atoms with van der Waals surface area (Å²) in [6.45, 7) is 7.99. The minimum Gasteiger partial charge on any atom is -0.308 e. The van der Waals surface area contributed by atoms with Gasteiger partial charge in [-0.3, -0.25) is 0 Å². The van der Waals surface area contributed by atoms with Gasteiger partial charge >= 0.3 is 0 Å². The van der Waals surface area contributed by atoms with Gasteiger partial charge in [0.2, 0.25) is 0 Å². The van der Waals surface area contributed by atoms with Crippen LogP contribution < -0.4 is 5.32 Å². The van der Waals surface area contributed by atoms with Crippen LogP contribution >= 0.6 is 46.5 Å². The average Bonchev–Trinajstić information content (AvgIpc) is 2.80.